The molecule has 0 aliphatic carbocycles. The predicted octanol–water partition coefficient (Wildman–Crippen LogP) is 2.20. The molecule has 0 saturated carbocycles. The summed E-state index contributed by atoms with van der Waals surface area (Å²) in [5, 5.41) is 0. The number of halogens is 1. The first-order valence-corrected chi connectivity index (χ1v) is 13.0. The number of esters is 1. The van der Waals surface area contributed by atoms with Crippen molar-refractivity contribution in [2.75, 3.05) is 0 Å². The van der Waals surface area contributed by atoms with Crippen LogP contribution in [0.4, 0.5) is 0 Å². The fourth-order valence-corrected chi connectivity index (χ4v) is 3.24. The van der Waals surface area contributed by atoms with Gasteiger partial charge in [0.25, 0.3) is 0 Å². The Labute approximate surface area is 95.9 Å². The number of carbonyl (C=O) groups is 1. The van der Waals surface area contributed by atoms with Crippen LogP contribution in [0.1, 0.15) is 5.56 Å². The third-order valence-electron chi connectivity index (χ3n) is 1.49. The molecular formula is C9H9GaIO2. The van der Waals surface area contributed by atoms with Crippen molar-refractivity contribution in [3.8, 4) is 0 Å². The van der Waals surface area contributed by atoms with Gasteiger partial charge in [-0.15, -0.1) is 0 Å². The average Bonchev–Trinajstić information content (AvgIpc) is 2.17. The van der Waals surface area contributed by atoms with Gasteiger partial charge in [-0.3, -0.25) is 0 Å². The standard InChI is InChI=1S/C9H9O2.Ga.HI/c1-8(10)11-7-9-5-3-2-4-6-9;;/h2-6H,1,7H2;;1H/q;+1;/p-1. The molecule has 0 atom stereocenters. The molecule has 0 heterocycles. The molecule has 0 spiro atoms. The summed E-state index contributed by atoms with van der Waals surface area (Å²) in [6.07, 6.45) is 0. The van der Waals surface area contributed by atoms with Crippen LogP contribution >= 0.6 is 19.7 Å². The molecule has 4 heteroatoms. The normalized spacial score (nSPS) is 9.31. The first-order chi connectivity index (χ1) is 6.33. The van der Waals surface area contributed by atoms with E-state index in [1.54, 1.807) is 0 Å². The molecule has 1 rings (SSSR count). The molecule has 2 nitrogen and oxygen atoms in total. The average molecular weight is 346 g/mol. The zero-order chi connectivity index (χ0) is 9.52. The molecule has 0 aliphatic heterocycles. The van der Waals surface area contributed by atoms with Crippen LogP contribution in [0.25, 0.3) is 0 Å². The number of hydrogen-bond donors (Lipinski definition) is 0. The van der Waals surface area contributed by atoms with Crippen molar-refractivity contribution in [1.29, 1.82) is 0 Å². The summed E-state index contributed by atoms with van der Waals surface area (Å²) in [7, 11) is 0. The Hall–Kier alpha value is 0.0564. The first kappa shape index (κ1) is 11.1. The Balaban J connectivity index is 2.31. The molecule has 67 valence electrons. The molecule has 0 fully saturated rings. The second-order valence-corrected chi connectivity index (χ2v) is 8.59. The molecule has 13 heavy (non-hydrogen) atoms. The van der Waals surface area contributed by atoms with Crippen LogP contribution in [-0.4, -0.2) is 19.8 Å². The third-order valence-corrected chi connectivity index (χ3v) is 4.80. The van der Waals surface area contributed by atoms with Crippen molar-refractivity contribution in [1.82, 2.24) is 0 Å². The van der Waals surface area contributed by atoms with Crippen LogP contribution in [0.5, 0.6) is 0 Å². The van der Waals surface area contributed by atoms with Gasteiger partial charge in [0.2, 0.25) is 0 Å². The number of benzene rings is 1. The van der Waals surface area contributed by atoms with Crippen LogP contribution in [0.15, 0.2) is 30.3 Å². The van der Waals surface area contributed by atoms with E-state index >= 15 is 0 Å². The Bertz CT molecular complexity index is 264. The number of rotatable bonds is 4. The minimum atomic E-state index is -0.369. The summed E-state index contributed by atoms with van der Waals surface area (Å²) in [5.74, 6) is -0.0572. The molecule has 1 aromatic rings. The summed E-state index contributed by atoms with van der Waals surface area (Å²) in [6, 6.07) is 9.74. The molecular weight excluding hydrogens is 337 g/mol. The third kappa shape index (κ3) is 4.73. The molecule has 0 unspecified atom stereocenters. The fourth-order valence-electron chi connectivity index (χ4n) is 0.860. The van der Waals surface area contributed by atoms with E-state index in [2.05, 4.69) is 19.7 Å². The predicted molar refractivity (Wildman–Crippen MR) is 60.8 cm³/mol. The van der Waals surface area contributed by atoms with Gasteiger partial charge in [-0.1, -0.05) is 0 Å². The summed E-state index contributed by atoms with van der Waals surface area (Å²) in [6.45, 7) is 0.410. The van der Waals surface area contributed by atoms with E-state index in [4.69, 9.17) is 4.74 Å². The topological polar surface area (TPSA) is 26.3 Å². The zero-order valence-corrected chi connectivity index (χ0v) is 11.7. The van der Waals surface area contributed by atoms with E-state index in [0.29, 0.717) is 11.6 Å². The zero-order valence-electron chi connectivity index (χ0n) is 7.07. The molecule has 1 aromatic carbocycles. The van der Waals surface area contributed by atoms with Crippen LogP contribution in [0, 0.1) is 0 Å². The number of carbonyl (C=O) groups excluding carboxylic acids is 1. The van der Waals surface area contributed by atoms with E-state index in [1.165, 1.54) is 0 Å². The first-order valence-electron chi connectivity index (χ1n) is 3.94. The second-order valence-electron chi connectivity index (χ2n) is 2.50. The molecule has 0 amide bonds. The minimum absolute atomic E-state index is 0.0572. The SMILES string of the molecule is O=C([CH2][Ga][I])OCc1ccccc1. The molecule has 1 radical (unpaired) electrons. The van der Waals surface area contributed by atoms with Gasteiger partial charge in [-0.05, 0) is 0 Å². The number of hydrogen-bond acceptors (Lipinski definition) is 2. The van der Waals surface area contributed by atoms with Crippen molar-refractivity contribution in [2.45, 2.75) is 11.6 Å². The van der Waals surface area contributed by atoms with Crippen LogP contribution in [-0.2, 0) is 16.1 Å². The Morgan fingerprint density at radius 1 is 1.38 bits per heavy atom. The van der Waals surface area contributed by atoms with Gasteiger partial charge in [0.15, 0.2) is 0 Å². The molecule has 0 bridgehead atoms. The van der Waals surface area contributed by atoms with Gasteiger partial charge in [-0.2, -0.15) is 0 Å². The van der Waals surface area contributed by atoms with E-state index < -0.39 is 0 Å². The van der Waals surface area contributed by atoms with Crippen molar-refractivity contribution in [2.24, 2.45) is 0 Å². The Morgan fingerprint density at radius 2 is 2.08 bits per heavy atom. The molecule has 0 N–H and O–H groups in total. The maximum absolute atomic E-state index is 11.0. The monoisotopic (exact) mass is 345 g/mol. The Kier molecular flexibility index (Phi) is 5.57. The van der Waals surface area contributed by atoms with Gasteiger partial charge in [0.05, 0.1) is 0 Å². The summed E-state index contributed by atoms with van der Waals surface area (Å²) < 4.78 is 5.06. The van der Waals surface area contributed by atoms with Gasteiger partial charge < -0.3 is 0 Å². The van der Waals surface area contributed by atoms with Gasteiger partial charge in [-0.25, -0.2) is 0 Å². The van der Waals surface area contributed by atoms with E-state index in [1.807, 2.05) is 30.3 Å². The van der Waals surface area contributed by atoms with Gasteiger partial charge in [0, 0.05) is 0 Å². The molecule has 0 saturated heterocycles. The fraction of sp³-hybridized carbons (Fsp3) is 0.222. The van der Waals surface area contributed by atoms with Crippen LogP contribution < -0.4 is 0 Å². The summed E-state index contributed by atoms with van der Waals surface area (Å²) >= 11 is 1.94. The number of ether oxygens (including phenoxy) is 1. The van der Waals surface area contributed by atoms with E-state index in [9.17, 15) is 4.79 Å². The second kappa shape index (κ2) is 6.50. The van der Waals surface area contributed by atoms with E-state index in [-0.39, 0.29) is 19.8 Å². The van der Waals surface area contributed by atoms with Crippen molar-refractivity contribution >= 4 is 39.5 Å². The summed E-state index contributed by atoms with van der Waals surface area (Å²) in [4.78, 5) is 11.7. The van der Waals surface area contributed by atoms with Crippen molar-refractivity contribution in [3.63, 3.8) is 0 Å². The van der Waals surface area contributed by atoms with Crippen molar-refractivity contribution < 1.29 is 9.53 Å². The quantitative estimate of drug-likeness (QED) is 0.475. The molecule has 0 aliphatic rings. The molecule has 0 aromatic heterocycles. The maximum atomic E-state index is 11.0. The van der Waals surface area contributed by atoms with Crippen molar-refractivity contribution in [3.05, 3.63) is 35.9 Å². The van der Waals surface area contributed by atoms with Gasteiger partial charge in [0.1, 0.15) is 0 Å². The van der Waals surface area contributed by atoms with E-state index in [0.717, 1.165) is 5.56 Å². The van der Waals surface area contributed by atoms with Gasteiger partial charge >= 0.3 is 96.5 Å². The Morgan fingerprint density at radius 3 is 2.69 bits per heavy atom. The van der Waals surface area contributed by atoms with Crippen LogP contribution in [0.3, 0.4) is 0 Å². The summed E-state index contributed by atoms with van der Waals surface area (Å²) in [5.41, 5.74) is 1.05. The van der Waals surface area contributed by atoms with Crippen LogP contribution in [0.2, 0.25) is 4.98 Å².